The van der Waals surface area contributed by atoms with E-state index in [9.17, 15) is 19.2 Å². The van der Waals surface area contributed by atoms with Gasteiger partial charge in [-0.3, -0.25) is 33.7 Å². The Labute approximate surface area is 455 Å². The third-order valence-electron chi connectivity index (χ3n) is 15.9. The van der Waals surface area contributed by atoms with Gasteiger partial charge < -0.3 is 45.9 Å². The van der Waals surface area contributed by atoms with E-state index >= 15 is 14.4 Å². The molecule has 1 saturated carbocycles. The highest BCUT2D eigenvalue weighted by Gasteiger charge is 2.55. The van der Waals surface area contributed by atoms with Crippen molar-refractivity contribution in [1.82, 2.24) is 35.6 Å². The Hall–Kier alpha value is -6.33. The van der Waals surface area contributed by atoms with Crippen LogP contribution in [0.3, 0.4) is 0 Å². The number of benzene rings is 3. The van der Waals surface area contributed by atoms with E-state index < -0.39 is 82.0 Å². The number of nitrogens with one attached hydrogen (secondary N) is 3. The highest BCUT2D eigenvalue weighted by atomic mass is 16.6. The van der Waals surface area contributed by atoms with Crippen molar-refractivity contribution in [1.29, 1.82) is 0 Å². The first kappa shape index (κ1) is 58.4. The molecule has 0 bridgehead atoms. The molecular weight excluding hydrogens is 977 g/mol. The molecule has 418 valence electrons. The minimum absolute atomic E-state index is 0.000510. The zero-order valence-corrected chi connectivity index (χ0v) is 47.4. The summed E-state index contributed by atoms with van der Waals surface area (Å²) in [5.41, 5.74) is 8.19. The van der Waals surface area contributed by atoms with Crippen molar-refractivity contribution in [2.75, 3.05) is 33.9 Å². The van der Waals surface area contributed by atoms with Gasteiger partial charge in [-0.15, -0.1) is 0 Å². The minimum atomic E-state index is -1.15. The minimum Gasteiger partial charge on any atom is -0.444 e. The van der Waals surface area contributed by atoms with Crippen LogP contribution in [0.25, 0.3) is 0 Å². The molecule has 2 aliphatic carbocycles. The monoisotopic (exact) mass is 1060 g/mol. The van der Waals surface area contributed by atoms with Gasteiger partial charge in [0.05, 0.1) is 30.1 Å². The number of hydrogen-bond acceptors (Lipinski definition) is 10. The Kier molecular flexibility index (Phi) is 17.7. The van der Waals surface area contributed by atoms with Crippen molar-refractivity contribution in [3.8, 4) is 0 Å². The molecule has 0 spiro atoms. The molecule has 1 saturated heterocycles. The molecule has 4 aliphatic rings. The van der Waals surface area contributed by atoms with Gasteiger partial charge in [0, 0.05) is 46.3 Å². The predicted octanol–water partition coefficient (Wildman–Crippen LogP) is 6.38. The second-order valence-electron chi connectivity index (χ2n) is 25.1. The molecule has 2 aliphatic heterocycles. The van der Waals surface area contributed by atoms with E-state index in [0.717, 1.165) is 40.7 Å². The zero-order chi connectivity index (χ0) is 56.4. The number of ether oxygens (including phenoxy) is 2. The lowest BCUT2D eigenvalue weighted by Gasteiger charge is -2.43. The molecule has 2 heterocycles. The molecule has 2 fully saturated rings. The van der Waals surface area contributed by atoms with Crippen molar-refractivity contribution in [2.45, 2.75) is 175 Å². The molecule has 17 heteroatoms. The summed E-state index contributed by atoms with van der Waals surface area (Å²) in [6, 6.07) is 18.7. The molecule has 0 aromatic heterocycles. The standard InChI is InChI=1S/C60H84N8O9/c1-37(65(11)56(75)77-59(8,9)10)50(69)64-49(58(5,6)7)54(73)67-34-42(32-45(67)51(70)63-44-28-20-26-38-21-18-19-27-43(38)44)62-55(74)60(29-30-60)36-68(47(35-76-12)39-22-14-13-15-23-39)52(71)46-31-40-24-16-17-25-41(40)33-66(46)53(72)48(61)57(2,3)4/h13-19,21-25,27,37,42,44-49H,20,26,28-36,61H2,1-12H3,(H,62,74)(H,63,70)(H,64,69)/t37-,42-,44+,45-,46-,47-,48+,49+/m0/s1. The van der Waals surface area contributed by atoms with Gasteiger partial charge in [-0.25, -0.2) is 4.79 Å². The van der Waals surface area contributed by atoms with Crippen molar-refractivity contribution in [3.05, 3.63) is 107 Å². The summed E-state index contributed by atoms with van der Waals surface area (Å²) in [7, 11) is 3.03. The Morgan fingerprint density at radius 1 is 0.779 bits per heavy atom. The van der Waals surface area contributed by atoms with Gasteiger partial charge in [0.2, 0.25) is 35.4 Å². The number of methoxy groups -OCH3 is 1. The number of hydrogen-bond donors (Lipinski definition) is 4. The van der Waals surface area contributed by atoms with Crippen molar-refractivity contribution < 1.29 is 43.0 Å². The number of likely N-dealkylation sites (N-methyl/N-ethyl adjacent to an activating group) is 1. The smallest absolute Gasteiger partial charge is 0.410 e. The normalized spacial score (nSPS) is 21.5. The molecule has 7 amide bonds. The number of nitrogens with zero attached hydrogens (tertiary/aromatic N) is 4. The van der Waals surface area contributed by atoms with E-state index in [4.69, 9.17) is 15.2 Å². The number of carbonyl (C=O) groups is 7. The first-order valence-electron chi connectivity index (χ1n) is 27.4. The largest absolute Gasteiger partial charge is 0.444 e. The second-order valence-corrected chi connectivity index (χ2v) is 25.1. The number of amides is 7. The van der Waals surface area contributed by atoms with Gasteiger partial charge in [0.15, 0.2) is 0 Å². The molecule has 7 rings (SSSR count). The van der Waals surface area contributed by atoms with Crippen LogP contribution in [0.5, 0.6) is 0 Å². The molecule has 8 atom stereocenters. The fourth-order valence-electron chi connectivity index (χ4n) is 10.9. The Bertz CT molecular complexity index is 2650. The Morgan fingerprint density at radius 2 is 1.40 bits per heavy atom. The maximum Gasteiger partial charge on any atom is 0.410 e. The third kappa shape index (κ3) is 13.5. The van der Waals surface area contributed by atoms with Crippen LogP contribution in [-0.2, 0) is 57.6 Å². The van der Waals surface area contributed by atoms with Crippen LogP contribution in [0, 0.1) is 16.2 Å². The van der Waals surface area contributed by atoms with Crippen LogP contribution in [0.4, 0.5) is 4.79 Å². The predicted molar refractivity (Wildman–Crippen MR) is 294 cm³/mol. The summed E-state index contributed by atoms with van der Waals surface area (Å²) in [5.74, 6) is -2.47. The molecule has 0 radical (unpaired) electrons. The van der Waals surface area contributed by atoms with E-state index in [2.05, 4.69) is 22.0 Å². The lowest BCUT2D eigenvalue weighted by molar-refractivity contribution is -0.152. The first-order valence-corrected chi connectivity index (χ1v) is 27.4. The number of nitrogens with two attached hydrogens (primary N) is 1. The van der Waals surface area contributed by atoms with Gasteiger partial charge in [-0.1, -0.05) is 120 Å². The van der Waals surface area contributed by atoms with Gasteiger partial charge in [-0.05, 0) is 105 Å². The molecule has 5 N–H and O–H groups in total. The van der Waals surface area contributed by atoms with E-state index in [0.29, 0.717) is 19.3 Å². The van der Waals surface area contributed by atoms with Crippen molar-refractivity contribution in [3.63, 3.8) is 0 Å². The topological polar surface area (TPSA) is 213 Å². The molecule has 0 unspecified atom stereocenters. The Balaban J connectivity index is 1.19. The summed E-state index contributed by atoms with van der Waals surface area (Å²) >= 11 is 0. The van der Waals surface area contributed by atoms with E-state index in [1.807, 2.05) is 114 Å². The average molecular weight is 1060 g/mol. The van der Waals surface area contributed by atoms with Crippen molar-refractivity contribution in [2.24, 2.45) is 22.0 Å². The third-order valence-corrected chi connectivity index (χ3v) is 15.9. The summed E-state index contributed by atoms with van der Waals surface area (Å²) in [4.78, 5) is 108. The number of fused-ring (bicyclic) bond motifs is 2. The molecule has 3 aromatic rings. The fraction of sp³-hybridized carbons (Fsp3) is 0.583. The van der Waals surface area contributed by atoms with Crippen LogP contribution in [0.1, 0.15) is 141 Å². The van der Waals surface area contributed by atoms with Crippen molar-refractivity contribution >= 4 is 41.5 Å². The van der Waals surface area contributed by atoms with Crippen LogP contribution in [0.2, 0.25) is 0 Å². The van der Waals surface area contributed by atoms with Crippen LogP contribution in [0.15, 0.2) is 78.9 Å². The van der Waals surface area contributed by atoms with E-state index in [-0.39, 0.29) is 68.8 Å². The number of rotatable bonds is 16. The van der Waals surface area contributed by atoms with Gasteiger partial charge in [0.1, 0.15) is 29.8 Å². The van der Waals surface area contributed by atoms with Crippen LogP contribution in [-0.4, -0.2) is 137 Å². The summed E-state index contributed by atoms with van der Waals surface area (Å²) in [5, 5.41) is 9.43. The van der Waals surface area contributed by atoms with Crippen LogP contribution < -0.4 is 21.7 Å². The molecule has 3 aromatic carbocycles. The van der Waals surface area contributed by atoms with E-state index in [1.54, 1.807) is 44.6 Å². The SMILES string of the molecule is COC[C@@H](c1ccccc1)N(CC1(C(=O)N[C@H]2C[C@@H](C(=O)N[C@@H]3CCCc4ccccc43)N(C(=O)[C@@H](NC(=O)[C@H](C)N(C)C(=O)OC(C)(C)C)C(C)(C)C)C2)CC1)C(=O)[C@@H]1Cc2ccccc2CN1C(=O)[C@@H](N)C(C)(C)C. The van der Waals surface area contributed by atoms with Gasteiger partial charge in [0.25, 0.3) is 0 Å². The molecular formula is C60H84N8O9. The number of aryl methyl sites for hydroxylation is 1. The maximum atomic E-state index is 15.7. The summed E-state index contributed by atoms with van der Waals surface area (Å²) < 4.78 is 11.4. The highest BCUT2D eigenvalue weighted by molar-refractivity contribution is 5.96. The van der Waals surface area contributed by atoms with Crippen LogP contribution >= 0.6 is 0 Å². The summed E-state index contributed by atoms with van der Waals surface area (Å²) in [6.07, 6.45) is 3.00. The summed E-state index contributed by atoms with van der Waals surface area (Å²) in [6.45, 7) is 18.2. The number of likely N-dealkylation sites (tertiary alicyclic amines) is 1. The van der Waals surface area contributed by atoms with Gasteiger partial charge >= 0.3 is 6.09 Å². The highest BCUT2D eigenvalue weighted by Crippen LogP contribution is 2.48. The average Bonchev–Trinajstić information content (AvgIpc) is 4.07. The Morgan fingerprint density at radius 3 is 2.01 bits per heavy atom. The molecule has 17 nitrogen and oxygen atoms in total. The lowest BCUT2D eigenvalue weighted by Crippen LogP contribution is -2.60. The van der Waals surface area contributed by atoms with E-state index in [1.165, 1.54) is 16.8 Å². The fourth-order valence-corrected chi connectivity index (χ4v) is 10.9. The lowest BCUT2D eigenvalue weighted by atomic mass is 9.84. The second kappa shape index (κ2) is 23.3. The first-order chi connectivity index (χ1) is 36.1. The maximum absolute atomic E-state index is 15.7. The van der Waals surface area contributed by atoms with Gasteiger partial charge in [-0.2, -0.15) is 0 Å². The zero-order valence-electron chi connectivity index (χ0n) is 47.4. The molecule has 77 heavy (non-hydrogen) atoms. The quantitative estimate of drug-likeness (QED) is 0.124. The number of carbonyl (C=O) groups excluding carboxylic acids is 7.